The van der Waals surface area contributed by atoms with Gasteiger partial charge in [-0.2, -0.15) is 5.10 Å². The molecule has 3 aromatic rings. The van der Waals surface area contributed by atoms with E-state index in [9.17, 15) is 5.11 Å². The lowest BCUT2D eigenvalue weighted by atomic mass is 10.3. The Bertz CT molecular complexity index is 754. The van der Waals surface area contributed by atoms with Crippen LogP contribution in [-0.4, -0.2) is 37.5 Å². The van der Waals surface area contributed by atoms with Gasteiger partial charge >= 0.3 is 0 Å². The number of aromatic nitrogens is 4. The first-order chi connectivity index (χ1) is 10.1. The van der Waals surface area contributed by atoms with Crippen molar-refractivity contribution in [3.05, 3.63) is 41.3 Å². The molecule has 0 radical (unpaired) electrons. The van der Waals surface area contributed by atoms with Gasteiger partial charge in [0.25, 0.3) is 0 Å². The zero-order valence-electron chi connectivity index (χ0n) is 11.4. The summed E-state index contributed by atoms with van der Waals surface area (Å²) in [7, 11) is 0. The molecule has 1 unspecified atom stereocenters. The van der Waals surface area contributed by atoms with Crippen molar-refractivity contribution >= 4 is 32.8 Å². The monoisotopic (exact) mass is 347 g/mol. The quantitative estimate of drug-likeness (QED) is 0.757. The minimum Gasteiger partial charge on any atom is -0.392 e. The van der Waals surface area contributed by atoms with Gasteiger partial charge in [-0.1, -0.05) is 15.9 Å². The third kappa shape index (κ3) is 2.88. The molecule has 1 atom stereocenters. The fraction of sp³-hybridized carbons (Fsp3) is 0.214. The molecule has 6 nitrogen and oxygen atoms in total. The summed E-state index contributed by atoms with van der Waals surface area (Å²) in [6.07, 6.45) is 2.77. The third-order valence-corrected chi connectivity index (χ3v) is 3.53. The zero-order valence-corrected chi connectivity index (χ0v) is 12.9. The van der Waals surface area contributed by atoms with E-state index < -0.39 is 6.10 Å². The highest BCUT2D eigenvalue weighted by atomic mass is 79.9. The lowest BCUT2D eigenvalue weighted by molar-refractivity contribution is 0.208. The van der Waals surface area contributed by atoms with Gasteiger partial charge in [-0.05, 0) is 31.2 Å². The van der Waals surface area contributed by atoms with E-state index in [0.717, 1.165) is 21.2 Å². The molecule has 1 aromatic carbocycles. The molecular formula is C14H14BrN5O. The molecule has 0 spiro atoms. The summed E-state index contributed by atoms with van der Waals surface area (Å²) in [5.41, 5.74) is 1.65. The number of benzene rings is 1. The van der Waals surface area contributed by atoms with Gasteiger partial charge in [0, 0.05) is 11.0 Å². The molecule has 2 heterocycles. The van der Waals surface area contributed by atoms with E-state index in [1.54, 1.807) is 17.8 Å². The summed E-state index contributed by atoms with van der Waals surface area (Å²) < 4.78 is 2.77. The summed E-state index contributed by atoms with van der Waals surface area (Å²) in [6, 6.07) is 7.83. The van der Waals surface area contributed by atoms with E-state index in [0.29, 0.717) is 12.4 Å². The standard InChI is InChI=1S/C14H14BrN5O/c1-9(21)6-16-13-12-7-19-20(14(12)18-8-17-13)11-4-2-10(15)3-5-11/h2-5,7-9,21H,6H2,1H3,(H,16,17,18). The Kier molecular flexibility index (Phi) is 3.85. The van der Waals surface area contributed by atoms with Crippen molar-refractivity contribution < 1.29 is 5.11 Å². The SMILES string of the molecule is CC(O)CNc1ncnc2c1cnn2-c1ccc(Br)cc1. The van der Waals surface area contributed by atoms with Crippen molar-refractivity contribution in [2.45, 2.75) is 13.0 Å². The average molecular weight is 348 g/mol. The molecule has 7 heteroatoms. The molecular weight excluding hydrogens is 334 g/mol. The second kappa shape index (κ2) is 5.79. The van der Waals surface area contributed by atoms with Crippen LogP contribution in [0.15, 0.2) is 41.3 Å². The summed E-state index contributed by atoms with van der Waals surface area (Å²) in [5.74, 6) is 0.671. The fourth-order valence-corrected chi connectivity index (χ4v) is 2.26. The van der Waals surface area contributed by atoms with Crippen LogP contribution in [0, 0.1) is 0 Å². The van der Waals surface area contributed by atoms with Crippen LogP contribution in [0.1, 0.15) is 6.92 Å². The van der Waals surface area contributed by atoms with Crippen LogP contribution in [0.4, 0.5) is 5.82 Å². The number of hydrogen-bond acceptors (Lipinski definition) is 5. The minimum atomic E-state index is -0.448. The Morgan fingerprint density at radius 1 is 1.29 bits per heavy atom. The van der Waals surface area contributed by atoms with Gasteiger partial charge in [0.2, 0.25) is 0 Å². The molecule has 2 aromatic heterocycles. The van der Waals surface area contributed by atoms with Gasteiger partial charge in [-0.3, -0.25) is 0 Å². The number of rotatable bonds is 4. The first-order valence-corrected chi connectivity index (χ1v) is 7.31. The number of halogens is 1. The largest absolute Gasteiger partial charge is 0.392 e. The zero-order chi connectivity index (χ0) is 14.8. The molecule has 21 heavy (non-hydrogen) atoms. The molecule has 0 aliphatic carbocycles. The summed E-state index contributed by atoms with van der Waals surface area (Å²) in [6.45, 7) is 2.15. The fourth-order valence-electron chi connectivity index (χ4n) is 2.00. The second-order valence-electron chi connectivity index (χ2n) is 4.72. The number of aliphatic hydroxyl groups is 1. The molecule has 2 N–H and O–H groups in total. The van der Waals surface area contributed by atoms with E-state index in [2.05, 4.69) is 36.3 Å². The van der Waals surface area contributed by atoms with Crippen LogP contribution in [0.2, 0.25) is 0 Å². The Labute approximate surface area is 130 Å². The first-order valence-electron chi connectivity index (χ1n) is 6.52. The van der Waals surface area contributed by atoms with E-state index in [1.807, 2.05) is 24.3 Å². The number of nitrogens with one attached hydrogen (secondary N) is 1. The topological polar surface area (TPSA) is 75.9 Å². The molecule has 108 valence electrons. The maximum absolute atomic E-state index is 9.36. The Balaban J connectivity index is 2.02. The van der Waals surface area contributed by atoms with E-state index in [-0.39, 0.29) is 0 Å². The van der Waals surface area contributed by atoms with Crippen molar-refractivity contribution in [3.8, 4) is 5.69 Å². The number of aliphatic hydroxyl groups excluding tert-OH is 1. The molecule has 0 amide bonds. The van der Waals surface area contributed by atoms with Crippen molar-refractivity contribution in [3.63, 3.8) is 0 Å². The lowest BCUT2D eigenvalue weighted by Gasteiger charge is -2.08. The lowest BCUT2D eigenvalue weighted by Crippen LogP contribution is -2.16. The molecule has 3 rings (SSSR count). The summed E-state index contributed by atoms with van der Waals surface area (Å²) in [5, 5.41) is 17.7. The van der Waals surface area contributed by atoms with Crippen LogP contribution < -0.4 is 5.32 Å². The maximum atomic E-state index is 9.36. The summed E-state index contributed by atoms with van der Waals surface area (Å²) >= 11 is 3.42. The van der Waals surface area contributed by atoms with Gasteiger partial charge in [0.1, 0.15) is 12.1 Å². The third-order valence-electron chi connectivity index (χ3n) is 3.00. The predicted molar refractivity (Wildman–Crippen MR) is 84.5 cm³/mol. The van der Waals surface area contributed by atoms with Crippen LogP contribution in [0.25, 0.3) is 16.7 Å². The van der Waals surface area contributed by atoms with Gasteiger partial charge in [-0.15, -0.1) is 0 Å². The maximum Gasteiger partial charge on any atom is 0.168 e. The van der Waals surface area contributed by atoms with Crippen LogP contribution >= 0.6 is 15.9 Å². The summed E-state index contributed by atoms with van der Waals surface area (Å²) in [4.78, 5) is 8.51. The Hall–Kier alpha value is -1.99. The normalized spacial score (nSPS) is 12.5. The molecule has 0 fully saturated rings. The predicted octanol–water partition coefficient (Wildman–Crippen LogP) is 2.37. The van der Waals surface area contributed by atoms with Crippen molar-refractivity contribution in [2.24, 2.45) is 0 Å². The average Bonchev–Trinajstić information content (AvgIpc) is 2.90. The van der Waals surface area contributed by atoms with Gasteiger partial charge in [0.15, 0.2) is 5.65 Å². The van der Waals surface area contributed by atoms with Gasteiger partial charge < -0.3 is 10.4 Å². The minimum absolute atomic E-state index is 0.426. The van der Waals surface area contributed by atoms with Gasteiger partial charge in [0.05, 0.1) is 23.4 Å². The number of nitrogens with zero attached hydrogens (tertiary/aromatic N) is 4. The highest BCUT2D eigenvalue weighted by molar-refractivity contribution is 9.10. The van der Waals surface area contributed by atoms with Crippen LogP contribution in [0.5, 0.6) is 0 Å². The van der Waals surface area contributed by atoms with Crippen LogP contribution in [0.3, 0.4) is 0 Å². The first kappa shape index (κ1) is 14.0. The van der Waals surface area contributed by atoms with Gasteiger partial charge in [-0.25, -0.2) is 14.6 Å². The van der Waals surface area contributed by atoms with E-state index >= 15 is 0 Å². The van der Waals surface area contributed by atoms with Crippen molar-refractivity contribution in [2.75, 3.05) is 11.9 Å². The van der Waals surface area contributed by atoms with Crippen molar-refractivity contribution in [1.82, 2.24) is 19.7 Å². The second-order valence-corrected chi connectivity index (χ2v) is 5.64. The highest BCUT2D eigenvalue weighted by Gasteiger charge is 2.11. The highest BCUT2D eigenvalue weighted by Crippen LogP contribution is 2.22. The molecule has 0 saturated heterocycles. The molecule has 0 aliphatic rings. The van der Waals surface area contributed by atoms with Crippen molar-refractivity contribution in [1.29, 1.82) is 0 Å². The van der Waals surface area contributed by atoms with Crippen LogP contribution in [-0.2, 0) is 0 Å². The smallest absolute Gasteiger partial charge is 0.168 e. The number of anilines is 1. The van der Waals surface area contributed by atoms with E-state index in [1.165, 1.54) is 6.33 Å². The molecule has 0 bridgehead atoms. The number of hydrogen-bond donors (Lipinski definition) is 2. The Morgan fingerprint density at radius 3 is 2.76 bits per heavy atom. The molecule has 0 saturated carbocycles. The van der Waals surface area contributed by atoms with E-state index in [4.69, 9.17) is 0 Å². The molecule has 0 aliphatic heterocycles. The number of fused-ring (bicyclic) bond motifs is 1. The Morgan fingerprint density at radius 2 is 2.05 bits per heavy atom.